The largest absolute Gasteiger partial charge is 0.315 e. The maximum absolute atomic E-state index is 3.64. The van der Waals surface area contributed by atoms with E-state index in [0.717, 1.165) is 150 Å². The lowest BCUT2D eigenvalue weighted by atomic mass is 9.79. The van der Waals surface area contributed by atoms with Gasteiger partial charge in [-0.15, -0.1) is 0 Å². The Bertz CT molecular complexity index is 1990. The third-order valence-corrected chi connectivity index (χ3v) is 27.7. The van der Waals surface area contributed by atoms with Gasteiger partial charge in [-0.1, -0.05) is 180 Å². The van der Waals surface area contributed by atoms with Crippen LogP contribution in [0.2, 0.25) is 0 Å². The first-order valence-corrected chi connectivity index (χ1v) is 51.7. The van der Waals surface area contributed by atoms with Gasteiger partial charge in [-0.3, -0.25) is 9.80 Å². The quantitative estimate of drug-likeness (QED) is 0.0977. The Labute approximate surface area is 743 Å². The molecule has 2 N–H and O–H groups in total. The van der Waals surface area contributed by atoms with Crippen molar-refractivity contribution in [2.75, 3.05) is 105 Å². The standard InChI is InChI=1S/C12H25N.5C11H23N.2C10H21N.C9H21N.C8H19N.C3H8/c1-9(2)11-5-7-12(8-6-11)13-10(3)4;2*1-9(2)11-5-7-12(8-6-11)10(3)4;2*1-9(2)11-6-5-7-12(8-11)10(3)4;1-9(2)8-11-6-5-7-12(11)10(3)4;1-8(2)10-5-6-11(7-10)9(3)4;1-9-6-5-7-11(8-9)10(2,3)4;1-8(2)6-7-10(5)9(3)4;1-7(2)5-6-9-8(3)4;1-3-2/h9-13H,5-8H2,1-4H3;5*9-11H,5-8H2,1-4H3;8-10H,5-7H2,1-4H3;9H,5-8H2,1-4H3;8-9H,6-7H2,1-5H3;7-9H,5-6H2,1-4H3;3H2,1-2H3/t;;;11-;;;;9-;;;/m...1...0.../s1. The van der Waals surface area contributed by atoms with Crippen LogP contribution in [-0.4, -0.2) is 216 Å². The molecular formula is C107H230N10. The summed E-state index contributed by atoms with van der Waals surface area (Å²) in [7, 11) is 2.19. The van der Waals surface area contributed by atoms with Crippen LogP contribution in [0.4, 0.5) is 0 Å². The summed E-state index contributed by atoms with van der Waals surface area (Å²) in [5, 5.41) is 7.02. The van der Waals surface area contributed by atoms with E-state index in [2.05, 4.69) is 348 Å². The normalized spacial score (nSPS) is 23.5. The van der Waals surface area contributed by atoms with E-state index in [1.807, 2.05) is 0 Å². The fourth-order valence-corrected chi connectivity index (χ4v) is 18.1. The average molecular weight is 1660 g/mol. The third kappa shape index (κ3) is 61.6. The van der Waals surface area contributed by atoms with Crippen LogP contribution in [0, 0.1) is 94.7 Å². The summed E-state index contributed by atoms with van der Waals surface area (Å²) in [5.74, 6) is 14.5. The number of piperidine rings is 5. The molecule has 7 heterocycles. The fraction of sp³-hybridized carbons (Fsp3) is 1.00. The number of nitrogens with one attached hydrogen (secondary N) is 2. The Hall–Kier alpha value is -0.400. The van der Waals surface area contributed by atoms with E-state index in [-0.39, 0.29) is 0 Å². The van der Waals surface area contributed by atoms with Gasteiger partial charge >= 0.3 is 0 Å². The maximum atomic E-state index is 3.64. The third-order valence-electron chi connectivity index (χ3n) is 27.7. The first-order chi connectivity index (χ1) is 54.3. The molecule has 0 radical (unpaired) electrons. The van der Waals surface area contributed by atoms with Crippen molar-refractivity contribution >= 4 is 0 Å². The number of rotatable bonds is 24. The molecule has 10 nitrogen and oxygen atoms in total. The van der Waals surface area contributed by atoms with E-state index in [1.165, 1.54) is 226 Å². The highest BCUT2D eigenvalue weighted by molar-refractivity contribution is 4.86. The Kier molecular flexibility index (Phi) is 71.0. The molecule has 3 unspecified atom stereocenters. The van der Waals surface area contributed by atoms with Gasteiger partial charge in [-0.05, 0) is 420 Å². The lowest BCUT2D eigenvalue weighted by Crippen LogP contribution is -2.46. The van der Waals surface area contributed by atoms with Crippen LogP contribution in [0.3, 0.4) is 0 Å². The Morgan fingerprint density at radius 2 is 0.667 bits per heavy atom. The summed E-state index contributed by atoms with van der Waals surface area (Å²) in [6, 6.07) is 8.15. The second-order valence-electron chi connectivity index (χ2n) is 45.8. The van der Waals surface area contributed by atoms with Crippen LogP contribution in [0.15, 0.2) is 0 Å². The molecule has 8 aliphatic rings. The van der Waals surface area contributed by atoms with Crippen LogP contribution in [0.25, 0.3) is 0 Å². The van der Waals surface area contributed by atoms with Crippen molar-refractivity contribution in [3.05, 3.63) is 0 Å². The van der Waals surface area contributed by atoms with Crippen molar-refractivity contribution in [2.45, 2.75) is 498 Å². The van der Waals surface area contributed by atoms with Crippen molar-refractivity contribution in [3.63, 3.8) is 0 Å². The molecule has 7 saturated heterocycles. The van der Waals surface area contributed by atoms with E-state index < -0.39 is 0 Å². The summed E-state index contributed by atoms with van der Waals surface area (Å²) in [6.45, 7) is 116. The van der Waals surface area contributed by atoms with Crippen LogP contribution in [0.1, 0.15) is 426 Å². The maximum Gasteiger partial charge on any atom is 0.0125 e. The van der Waals surface area contributed by atoms with Crippen LogP contribution in [0.5, 0.6) is 0 Å². The summed E-state index contributed by atoms with van der Waals surface area (Å²) in [4.78, 5) is 20.7. The van der Waals surface area contributed by atoms with Crippen molar-refractivity contribution in [3.8, 4) is 0 Å². The van der Waals surface area contributed by atoms with E-state index in [9.17, 15) is 0 Å². The first kappa shape index (κ1) is 121. The second-order valence-corrected chi connectivity index (χ2v) is 45.8. The highest BCUT2D eigenvalue weighted by atomic mass is 15.2. The van der Waals surface area contributed by atoms with Gasteiger partial charge in [0.2, 0.25) is 0 Å². The minimum absolute atomic E-state index is 0.384. The van der Waals surface area contributed by atoms with E-state index in [4.69, 9.17) is 0 Å². The van der Waals surface area contributed by atoms with E-state index in [0.29, 0.717) is 23.7 Å². The van der Waals surface area contributed by atoms with Crippen LogP contribution < -0.4 is 10.6 Å². The number of likely N-dealkylation sites (tertiary alicyclic amines) is 7. The molecule has 7 aliphatic heterocycles. The number of hydrogen-bond donors (Lipinski definition) is 2. The molecule has 0 spiro atoms. The van der Waals surface area contributed by atoms with Gasteiger partial charge in [0, 0.05) is 98.2 Å². The molecule has 0 aromatic heterocycles. The molecule has 10 heteroatoms. The van der Waals surface area contributed by atoms with Crippen molar-refractivity contribution in [1.29, 1.82) is 0 Å². The zero-order chi connectivity index (χ0) is 90.6. The Morgan fingerprint density at radius 3 is 0.949 bits per heavy atom. The molecule has 1 saturated carbocycles. The van der Waals surface area contributed by atoms with Crippen molar-refractivity contribution in [2.24, 2.45) is 94.7 Å². The Balaban J connectivity index is -0.00000123. The van der Waals surface area contributed by atoms with Crippen LogP contribution in [-0.2, 0) is 0 Å². The SMILES string of the molecule is CC(C)C1CCCN(C(C)C)C1.CC(C)C1CCN(C(C)C)C1.CC(C)C1CCN(C(C)C)CC1.CC(C)C1CCN(C(C)C)CC1.CC(C)CC1CCCN1C(C)C.CC(C)CCN(C)C(C)C.CC(C)CCNC(C)C.CC(C)NC1CCC(C(C)C)CC1.CC(C)[C@@H]1CCCN(C(C)C)C1.CCC.C[C@H]1CCCN(C(C)(C)C)C1. The second kappa shape index (κ2) is 68.8. The van der Waals surface area contributed by atoms with Gasteiger partial charge in [0.1, 0.15) is 0 Å². The summed E-state index contributed by atoms with van der Waals surface area (Å²) in [6.07, 6.45) is 29.3. The molecule has 0 bridgehead atoms. The van der Waals surface area contributed by atoms with Gasteiger partial charge in [-0.2, -0.15) is 0 Å². The molecule has 0 amide bonds. The van der Waals surface area contributed by atoms with Gasteiger partial charge in [0.25, 0.3) is 0 Å². The van der Waals surface area contributed by atoms with E-state index >= 15 is 0 Å². The summed E-state index contributed by atoms with van der Waals surface area (Å²) < 4.78 is 0. The minimum Gasteiger partial charge on any atom is -0.315 e. The predicted octanol–water partition coefficient (Wildman–Crippen LogP) is 27.9. The monoisotopic (exact) mass is 1660 g/mol. The zero-order valence-electron chi connectivity index (χ0n) is 89.1. The summed E-state index contributed by atoms with van der Waals surface area (Å²) in [5.41, 5.74) is 0.384. The summed E-state index contributed by atoms with van der Waals surface area (Å²) >= 11 is 0. The molecule has 5 atom stereocenters. The van der Waals surface area contributed by atoms with Crippen LogP contribution >= 0.6 is 0 Å². The number of hydrogen-bond acceptors (Lipinski definition) is 10. The average Bonchev–Trinajstić information content (AvgIpc) is 1.74. The smallest absolute Gasteiger partial charge is 0.0125 e. The zero-order valence-corrected chi connectivity index (χ0v) is 89.1. The minimum atomic E-state index is 0.384. The van der Waals surface area contributed by atoms with Gasteiger partial charge in [-0.25, -0.2) is 0 Å². The van der Waals surface area contributed by atoms with Crippen molar-refractivity contribution in [1.82, 2.24) is 49.8 Å². The lowest BCUT2D eigenvalue weighted by Gasteiger charge is -2.40. The van der Waals surface area contributed by atoms with Gasteiger partial charge < -0.3 is 40.0 Å². The molecule has 1 aliphatic carbocycles. The number of nitrogens with zero attached hydrogens (tertiary/aromatic N) is 8. The molecule has 8 rings (SSSR count). The molecule has 708 valence electrons. The highest BCUT2D eigenvalue weighted by Crippen LogP contribution is 2.33. The molecular weight excluding hydrogens is 1430 g/mol. The van der Waals surface area contributed by atoms with Gasteiger partial charge in [0.15, 0.2) is 0 Å². The molecule has 0 aromatic carbocycles. The van der Waals surface area contributed by atoms with E-state index in [1.54, 1.807) is 0 Å². The fourth-order valence-electron chi connectivity index (χ4n) is 18.1. The highest BCUT2D eigenvalue weighted by Gasteiger charge is 2.31. The van der Waals surface area contributed by atoms with Gasteiger partial charge in [0.05, 0.1) is 0 Å². The topological polar surface area (TPSA) is 50.0 Å². The molecule has 117 heavy (non-hydrogen) atoms. The molecule has 0 aromatic rings. The Morgan fingerprint density at radius 1 is 0.333 bits per heavy atom. The molecule has 8 fully saturated rings. The predicted molar refractivity (Wildman–Crippen MR) is 535 cm³/mol. The first-order valence-electron chi connectivity index (χ1n) is 51.7. The lowest BCUT2D eigenvalue weighted by molar-refractivity contribution is 0.0843. The van der Waals surface area contributed by atoms with Crippen molar-refractivity contribution < 1.29 is 0 Å².